The number of hydrogen-bond acceptors (Lipinski definition) is 5. The maximum absolute atomic E-state index is 9.29. The summed E-state index contributed by atoms with van der Waals surface area (Å²) in [4.78, 5) is 3.16. The van der Waals surface area contributed by atoms with E-state index in [9.17, 15) is 5.26 Å². The van der Waals surface area contributed by atoms with Crippen LogP contribution in [0.4, 0.5) is 5.82 Å². The first kappa shape index (κ1) is 14.0. The van der Waals surface area contributed by atoms with Crippen LogP contribution < -0.4 is 4.90 Å². The average molecular weight is 337 g/mol. The Bertz CT molecular complexity index is 645. The first-order chi connectivity index (χ1) is 9.02. The van der Waals surface area contributed by atoms with Gasteiger partial charge in [-0.25, -0.2) is 0 Å². The number of hydrogen-bond donors (Lipinski definition) is 0. The first-order valence-corrected chi connectivity index (χ1v) is 7.33. The molecule has 0 amide bonds. The lowest BCUT2D eigenvalue weighted by molar-refractivity contribution is 0.854. The summed E-state index contributed by atoms with van der Waals surface area (Å²) in [6.07, 6.45) is 0. The Morgan fingerprint density at radius 1 is 1.37 bits per heavy atom. The van der Waals surface area contributed by atoms with E-state index in [0.29, 0.717) is 17.9 Å². The van der Waals surface area contributed by atoms with Crippen LogP contribution in [0.1, 0.15) is 21.7 Å². The lowest BCUT2D eigenvalue weighted by atomic mass is 10.1. The van der Waals surface area contributed by atoms with Gasteiger partial charge in [0.2, 0.25) is 0 Å². The van der Waals surface area contributed by atoms with Gasteiger partial charge in [-0.3, -0.25) is 0 Å². The molecule has 19 heavy (non-hydrogen) atoms. The second kappa shape index (κ2) is 5.68. The molecule has 4 nitrogen and oxygen atoms in total. The van der Waals surface area contributed by atoms with E-state index in [0.717, 1.165) is 15.0 Å². The first-order valence-electron chi connectivity index (χ1n) is 5.72. The molecule has 0 unspecified atom stereocenters. The molecule has 0 aliphatic rings. The molecule has 0 saturated carbocycles. The van der Waals surface area contributed by atoms with Crippen LogP contribution in [0.15, 0.2) is 15.9 Å². The molecule has 0 aromatic carbocycles. The van der Waals surface area contributed by atoms with Crippen LogP contribution in [0.2, 0.25) is 0 Å². The van der Waals surface area contributed by atoms with Crippen molar-refractivity contribution in [3.05, 3.63) is 37.6 Å². The SMILES string of the molecule is Cc1nnc(N(C)Cc2ccc(Br)s2)c(C#N)c1C. The Morgan fingerprint density at radius 3 is 2.68 bits per heavy atom. The van der Waals surface area contributed by atoms with Gasteiger partial charge in [-0.15, -0.1) is 16.4 Å². The van der Waals surface area contributed by atoms with Crippen LogP contribution in [-0.2, 0) is 6.54 Å². The molecule has 0 bridgehead atoms. The predicted octanol–water partition coefficient (Wildman–Crippen LogP) is 3.43. The largest absolute Gasteiger partial charge is 0.352 e. The summed E-state index contributed by atoms with van der Waals surface area (Å²) in [7, 11) is 1.92. The van der Waals surface area contributed by atoms with Gasteiger partial charge in [-0.1, -0.05) is 0 Å². The molecule has 0 aliphatic heterocycles. The highest BCUT2D eigenvalue weighted by Gasteiger charge is 2.15. The molecule has 2 rings (SSSR count). The van der Waals surface area contributed by atoms with Gasteiger partial charge in [0, 0.05) is 11.9 Å². The topological polar surface area (TPSA) is 52.8 Å². The van der Waals surface area contributed by atoms with Crippen LogP contribution >= 0.6 is 27.3 Å². The van der Waals surface area contributed by atoms with E-state index in [1.165, 1.54) is 4.88 Å². The fourth-order valence-electron chi connectivity index (χ4n) is 1.74. The summed E-state index contributed by atoms with van der Waals surface area (Å²) in [6.45, 7) is 4.48. The van der Waals surface area contributed by atoms with Crippen LogP contribution in [-0.4, -0.2) is 17.2 Å². The second-order valence-corrected chi connectivity index (χ2v) is 6.83. The summed E-state index contributed by atoms with van der Waals surface area (Å²) in [5, 5.41) is 17.6. The zero-order valence-corrected chi connectivity index (χ0v) is 13.3. The van der Waals surface area contributed by atoms with Crippen LogP contribution in [0.25, 0.3) is 0 Å². The van der Waals surface area contributed by atoms with Crippen molar-refractivity contribution in [2.24, 2.45) is 0 Å². The van der Waals surface area contributed by atoms with Gasteiger partial charge in [-0.2, -0.15) is 10.4 Å². The standard InChI is InChI=1S/C13H13BrN4S/c1-8-9(2)16-17-13(11(8)6-15)18(3)7-10-4-5-12(14)19-10/h4-5H,7H2,1-3H3. The third-order valence-corrected chi connectivity index (χ3v) is 4.54. The summed E-state index contributed by atoms with van der Waals surface area (Å²) >= 11 is 5.12. The monoisotopic (exact) mass is 336 g/mol. The Labute approximate surface area is 124 Å². The van der Waals surface area contributed by atoms with E-state index in [-0.39, 0.29) is 0 Å². The maximum atomic E-state index is 9.29. The molecule has 0 N–H and O–H groups in total. The number of aromatic nitrogens is 2. The molecule has 2 aromatic rings. The predicted molar refractivity (Wildman–Crippen MR) is 80.3 cm³/mol. The van der Waals surface area contributed by atoms with Crippen molar-refractivity contribution in [1.29, 1.82) is 5.26 Å². The van der Waals surface area contributed by atoms with Crippen molar-refractivity contribution in [1.82, 2.24) is 10.2 Å². The number of halogens is 1. The summed E-state index contributed by atoms with van der Waals surface area (Å²) in [6, 6.07) is 6.31. The molecule has 0 saturated heterocycles. The smallest absolute Gasteiger partial charge is 0.169 e. The minimum absolute atomic E-state index is 0.602. The minimum atomic E-state index is 0.602. The van der Waals surface area contributed by atoms with Crippen molar-refractivity contribution in [3.8, 4) is 6.07 Å². The summed E-state index contributed by atoms with van der Waals surface area (Å²) < 4.78 is 1.10. The van der Waals surface area contributed by atoms with Gasteiger partial charge < -0.3 is 4.90 Å². The zero-order chi connectivity index (χ0) is 14.0. The van der Waals surface area contributed by atoms with Crippen molar-refractivity contribution in [2.45, 2.75) is 20.4 Å². The minimum Gasteiger partial charge on any atom is -0.352 e. The lowest BCUT2D eigenvalue weighted by Gasteiger charge is -2.19. The van der Waals surface area contributed by atoms with Gasteiger partial charge >= 0.3 is 0 Å². The number of aryl methyl sites for hydroxylation is 1. The number of thiophene rings is 1. The summed E-state index contributed by atoms with van der Waals surface area (Å²) in [5.41, 5.74) is 2.30. The average Bonchev–Trinajstić information content (AvgIpc) is 2.77. The number of rotatable bonds is 3. The van der Waals surface area contributed by atoms with Crippen molar-refractivity contribution < 1.29 is 0 Å². The molecule has 0 spiro atoms. The van der Waals surface area contributed by atoms with Crippen LogP contribution in [0.5, 0.6) is 0 Å². The Kier molecular flexibility index (Phi) is 4.17. The van der Waals surface area contributed by atoms with Gasteiger partial charge in [0.05, 0.1) is 16.0 Å². The van der Waals surface area contributed by atoms with E-state index in [4.69, 9.17) is 0 Å². The molecular weight excluding hydrogens is 324 g/mol. The van der Waals surface area contributed by atoms with Crippen LogP contribution in [0, 0.1) is 25.2 Å². The van der Waals surface area contributed by atoms with Gasteiger partial charge in [-0.05, 0) is 47.5 Å². The van der Waals surface area contributed by atoms with E-state index in [1.54, 1.807) is 11.3 Å². The van der Waals surface area contributed by atoms with Gasteiger partial charge in [0.1, 0.15) is 11.6 Å². The van der Waals surface area contributed by atoms with E-state index >= 15 is 0 Å². The molecule has 98 valence electrons. The third kappa shape index (κ3) is 2.94. The molecule has 2 aromatic heterocycles. The van der Waals surface area contributed by atoms with Gasteiger partial charge in [0.25, 0.3) is 0 Å². The van der Waals surface area contributed by atoms with Crippen molar-refractivity contribution >= 4 is 33.1 Å². The van der Waals surface area contributed by atoms with E-state index in [1.807, 2.05) is 31.9 Å². The Balaban J connectivity index is 2.32. The maximum Gasteiger partial charge on any atom is 0.169 e. The highest BCUT2D eigenvalue weighted by atomic mass is 79.9. The highest BCUT2D eigenvalue weighted by molar-refractivity contribution is 9.11. The molecule has 0 aliphatic carbocycles. The molecule has 0 fully saturated rings. The number of nitrogens with zero attached hydrogens (tertiary/aromatic N) is 4. The quantitative estimate of drug-likeness (QED) is 0.861. The molecule has 0 atom stereocenters. The molecule has 6 heteroatoms. The third-order valence-electron chi connectivity index (χ3n) is 2.93. The lowest BCUT2D eigenvalue weighted by Crippen LogP contribution is -2.20. The Hall–Kier alpha value is -1.45. The Morgan fingerprint density at radius 2 is 2.11 bits per heavy atom. The van der Waals surface area contributed by atoms with Crippen molar-refractivity contribution in [3.63, 3.8) is 0 Å². The molecule has 2 heterocycles. The normalized spacial score (nSPS) is 10.3. The zero-order valence-electron chi connectivity index (χ0n) is 10.9. The second-order valence-electron chi connectivity index (χ2n) is 4.28. The molecular formula is C13H13BrN4S. The van der Waals surface area contributed by atoms with Crippen LogP contribution in [0.3, 0.4) is 0 Å². The number of anilines is 1. The van der Waals surface area contributed by atoms with Gasteiger partial charge in [0.15, 0.2) is 5.82 Å². The summed E-state index contributed by atoms with van der Waals surface area (Å²) in [5.74, 6) is 0.634. The van der Waals surface area contributed by atoms with E-state index < -0.39 is 0 Å². The van der Waals surface area contributed by atoms with Crippen molar-refractivity contribution in [2.75, 3.05) is 11.9 Å². The van der Waals surface area contributed by atoms with E-state index in [2.05, 4.69) is 38.3 Å². The fourth-order valence-corrected chi connectivity index (χ4v) is 3.28. The number of nitriles is 1. The fraction of sp³-hybridized carbons (Fsp3) is 0.308. The highest BCUT2D eigenvalue weighted by Crippen LogP contribution is 2.26. The molecule has 0 radical (unpaired) electrons.